The summed E-state index contributed by atoms with van der Waals surface area (Å²) < 4.78 is 16.9. The molecule has 6 nitrogen and oxygen atoms in total. The van der Waals surface area contributed by atoms with Crippen LogP contribution in [0.15, 0.2) is 85.1 Å². The molecule has 0 spiro atoms. The van der Waals surface area contributed by atoms with E-state index in [0.29, 0.717) is 19.3 Å². The van der Waals surface area contributed by atoms with Crippen LogP contribution in [0.25, 0.3) is 0 Å². The zero-order valence-corrected chi connectivity index (χ0v) is 53.8. The van der Waals surface area contributed by atoms with E-state index in [-0.39, 0.29) is 37.5 Å². The van der Waals surface area contributed by atoms with Crippen LogP contribution in [0.5, 0.6) is 0 Å². The van der Waals surface area contributed by atoms with Gasteiger partial charge in [-0.05, 0) is 103 Å². The lowest BCUT2D eigenvalue weighted by Crippen LogP contribution is -2.30. The minimum absolute atomic E-state index is 0.0992. The lowest BCUT2D eigenvalue weighted by Gasteiger charge is -2.18. The van der Waals surface area contributed by atoms with Crippen LogP contribution < -0.4 is 0 Å². The molecule has 0 aliphatic rings. The summed E-state index contributed by atoms with van der Waals surface area (Å²) in [6, 6.07) is 0. The van der Waals surface area contributed by atoms with Crippen molar-refractivity contribution < 1.29 is 28.6 Å². The van der Waals surface area contributed by atoms with Crippen LogP contribution in [0.3, 0.4) is 0 Å². The van der Waals surface area contributed by atoms with Crippen molar-refractivity contribution in [3.63, 3.8) is 0 Å². The topological polar surface area (TPSA) is 78.9 Å². The maximum Gasteiger partial charge on any atom is 0.306 e. The number of allylic oxidation sites excluding steroid dienone is 14. The molecule has 1 unspecified atom stereocenters. The van der Waals surface area contributed by atoms with Crippen LogP contribution in [0.1, 0.15) is 355 Å². The van der Waals surface area contributed by atoms with Gasteiger partial charge in [0.05, 0.1) is 0 Å². The Balaban J connectivity index is 4.10. The molecular formula is C75H132O6. The summed E-state index contributed by atoms with van der Waals surface area (Å²) in [6.45, 7) is 6.47. The molecule has 0 aliphatic carbocycles. The maximum atomic E-state index is 12.9. The van der Waals surface area contributed by atoms with Gasteiger partial charge in [-0.15, -0.1) is 0 Å². The molecule has 0 saturated heterocycles. The van der Waals surface area contributed by atoms with Crippen molar-refractivity contribution in [2.24, 2.45) is 0 Å². The van der Waals surface area contributed by atoms with Crippen LogP contribution in [-0.4, -0.2) is 37.2 Å². The fourth-order valence-corrected chi connectivity index (χ4v) is 10.1. The first-order valence-corrected chi connectivity index (χ1v) is 35.1. The van der Waals surface area contributed by atoms with Crippen molar-refractivity contribution in [1.82, 2.24) is 0 Å². The van der Waals surface area contributed by atoms with Gasteiger partial charge < -0.3 is 14.2 Å². The molecular weight excluding hydrogens is 997 g/mol. The fourth-order valence-electron chi connectivity index (χ4n) is 10.1. The number of carbonyl (C=O) groups excluding carboxylic acids is 3. The van der Waals surface area contributed by atoms with Crippen LogP contribution in [0, 0.1) is 0 Å². The SMILES string of the molecule is CC/C=C\C/C=C\C/C=C\C/C=C\C/C=C\CCCC(=O)OC(COC(=O)CCCCCCC/C=C\CCCC)COC(=O)CCCCCCCCCCCCCCCCCCCCCCCCC/C=C\CCCCCCCCCC. The Kier molecular flexibility index (Phi) is 66.2. The zero-order valence-electron chi connectivity index (χ0n) is 53.8. The Hall–Kier alpha value is -3.41. The summed E-state index contributed by atoms with van der Waals surface area (Å²) in [5.41, 5.74) is 0. The van der Waals surface area contributed by atoms with Crippen LogP contribution in [0.2, 0.25) is 0 Å². The van der Waals surface area contributed by atoms with E-state index >= 15 is 0 Å². The van der Waals surface area contributed by atoms with Gasteiger partial charge in [0.15, 0.2) is 6.10 Å². The van der Waals surface area contributed by atoms with Gasteiger partial charge in [0.1, 0.15) is 13.2 Å². The average molecular weight is 1130 g/mol. The van der Waals surface area contributed by atoms with Crippen LogP contribution in [0.4, 0.5) is 0 Å². The van der Waals surface area contributed by atoms with E-state index in [1.165, 1.54) is 218 Å². The standard InChI is InChI=1S/C75H132O6/c1-4-7-10-13-16-19-22-24-26-28-29-30-31-32-33-34-35-36-37-38-39-40-41-42-43-44-45-47-48-50-53-56-59-62-65-68-74(77)80-71-72(70-79-73(76)67-64-61-58-55-52-21-18-15-12-9-6-3)81-75(78)69-66-63-60-57-54-51-49-46-27-25-23-20-17-14-11-8-5-2/h8,11,15,17-18,20,25,27-29,49,51,57,60,72H,4-7,9-10,12-14,16,19,21-24,26,30-48,50,52-56,58-59,61-71H2,1-3H3/b11-8-,18-15-,20-17-,27-25-,29-28-,51-49-,60-57-. The van der Waals surface area contributed by atoms with Gasteiger partial charge in [-0.3, -0.25) is 14.4 Å². The van der Waals surface area contributed by atoms with E-state index in [2.05, 4.69) is 106 Å². The molecule has 0 N–H and O–H groups in total. The minimum atomic E-state index is -0.809. The second-order valence-corrected chi connectivity index (χ2v) is 23.4. The summed E-state index contributed by atoms with van der Waals surface area (Å²) in [4.78, 5) is 38.2. The molecule has 0 saturated carbocycles. The highest BCUT2D eigenvalue weighted by atomic mass is 16.6. The summed E-state index contributed by atoms with van der Waals surface area (Å²) in [6.07, 6.45) is 92.2. The Morgan fingerprint density at radius 3 is 0.840 bits per heavy atom. The first-order chi connectivity index (χ1) is 40.0. The van der Waals surface area contributed by atoms with E-state index in [4.69, 9.17) is 14.2 Å². The molecule has 0 aliphatic heterocycles. The van der Waals surface area contributed by atoms with Crippen molar-refractivity contribution in [3.8, 4) is 0 Å². The molecule has 1 atom stereocenters. The van der Waals surface area contributed by atoms with Gasteiger partial charge in [0, 0.05) is 19.3 Å². The lowest BCUT2D eigenvalue weighted by atomic mass is 10.0. The van der Waals surface area contributed by atoms with E-state index in [9.17, 15) is 14.4 Å². The predicted octanol–water partition coefficient (Wildman–Crippen LogP) is 24.2. The molecule has 6 heteroatoms. The quantitative estimate of drug-likeness (QED) is 0.0261. The van der Waals surface area contributed by atoms with E-state index in [1.807, 2.05) is 0 Å². The Morgan fingerprint density at radius 2 is 0.506 bits per heavy atom. The number of rotatable bonds is 64. The van der Waals surface area contributed by atoms with Gasteiger partial charge in [0.25, 0.3) is 0 Å². The summed E-state index contributed by atoms with van der Waals surface area (Å²) >= 11 is 0. The van der Waals surface area contributed by atoms with E-state index < -0.39 is 6.10 Å². The first kappa shape index (κ1) is 77.6. The molecule has 468 valence electrons. The fraction of sp³-hybridized carbons (Fsp3) is 0.773. The zero-order chi connectivity index (χ0) is 58.5. The Labute approximate surface area is 503 Å². The van der Waals surface area contributed by atoms with Crippen molar-refractivity contribution in [1.29, 1.82) is 0 Å². The smallest absolute Gasteiger partial charge is 0.306 e. The third kappa shape index (κ3) is 67.3. The van der Waals surface area contributed by atoms with E-state index in [0.717, 1.165) is 89.9 Å². The summed E-state index contributed by atoms with van der Waals surface area (Å²) in [5, 5.41) is 0. The largest absolute Gasteiger partial charge is 0.462 e. The molecule has 0 aromatic carbocycles. The highest BCUT2D eigenvalue weighted by Crippen LogP contribution is 2.18. The number of carbonyl (C=O) groups is 3. The average Bonchev–Trinajstić information content (AvgIpc) is 3.47. The van der Waals surface area contributed by atoms with Gasteiger partial charge in [0.2, 0.25) is 0 Å². The molecule has 0 radical (unpaired) electrons. The summed E-state index contributed by atoms with van der Waals surface area (Å²) in [7, 11) is 0. The lowest BCUT2D eigenvalue weighted by molar-refractivity contribution is -0.167. The second-order valence-electron chi connectivity index (χ2n) is 23.4. The third-order valence-electron chi connectivity index (χ3n) is 15.4. The number of hydrogen-bond acceptors (Lipinski definition) is 6. The summed E-state index contributed by atoms with van der Waals surface area (Å²) in [5.74, 6) is -0.956. The molecule has 0 aromatic rings. The molecule has 0 bridgehead atoms. The highest BCUT2D eigenvalue weighted by Gasteiger charge is 2.19. The molecule has 0 fully saturated rings. The molecule has 0 rings (SSSR count). The number of ether oxygens (including phenoxy) is 3. The van der Waals surface area contributed by atoms with Crippen molar-refractivity contribution in [2.45, 2.75) is 361 Å². The van der Waals surface area contributed by atoms with Crippen molar-refractivity contribution >= 4 is 17.9 Å². The minimum Gasteiger partial charge on any atom is -0.462 e. The van der Waals surface area contributed by atoms with Crippen molar-refractivity contribution in [2.75, 3.05) is 13.2 Å². The second kappa shape index (κ2) is 69.1. The highest BCUT2D eigenvalue weighted by molar-refractivity contribution is 5.71. The molecule has 0 amide bonds. The number of hydrogen-bond donors (Lipinski definition) is 0. The molecule has 81 heavy (non-hydrogen) atoms. The normalized spacial score (nSPS) is 12.6. The number of esters is 3. The Bertz CT molecular complexity index is 1530. The van der Waals surface area contributed by atoms with Gasteiger partial charge in [-0.1, -0.05) is 318 Å². The predicted molar refractivity (Wildman–Crippen MR) is 353 cm³/mol. The van der Waals surface area contributed by atoms with Crippen molar-refractivity contribution in [3.05, 3.63) is 85.1 Å². The van der Waals surface area contributed by atoms with Gasteiger partial charge >= 0.3 is 17.9 Å². The first-order valence-electron chi connectivity index (χ1n) is 35.1. The van der Waals surface area contributed by atoms with Crippen LogP contribution >= 0.6 is 0 Å². The van der Waals surface area contributed by atoms with E-state index in [1.54, 1.807) is 0 Å². The Morgan fingerprint density at radius 1 is 0.259 bits per heavy atom. The number of unbranched alkanes of at least 4 members (excludes halogenated alkanes) is 39. The van der Waals surface area contributed by atoms with Gasteiger partial charge in [-0.2, -0.15) is 0 Å². The van der Waals surface area contributed by atoms with Gasteiger partial charge in [-0.25, -0.2) is 0 Å². The monoisotopic (exact) mass is 1130 g/mol. The van der Waals surface area contributed by atoms with Crippen LogP contribution in [-0.2, 0) is 28.6 Å². The maximum absolute atomic E-state index is 12.9. The molecule has 0 aromatic heterocycles. The molecule has 0 heterocycles. The third-order valence-corrected chi connectivity index (χ3v) is 15.4.